The van der Waals surface area contributed by atoms with Crippen molar-refractivity contribution in [3.8, 4) is 0 Å². The van der Waals surface area contributed by atoms with E-state index >= 15 is 0 Å². The number of carboxylic acid groups (broad SMARTS) is 1. The minimum atomic E-state index is -0.977. The summed E-state index contributed by atoms with van der Waals surface area (Å²) in [7, 11) is 0. The Kier molecular flexibility index (Phi) is 3.01. The molecule has 0 aliphatic carbocycles. The lowest BCUT2D eigenvalue weighted by atomic mass is 10.1. The Bertz CT molecular complexity index is 362. The smallest absolute Gasteiger partial charge is 0.335 e. The largest absolute Gasteiger partial charge is 0.478 e. The summed E-state index contributed by atoms with van der Waals surface area (Å²) in [5, 5.41) is 8.75. The molecule has 3 heteroatoms. The van der Waals surface area contributed by atoms with Gasteiger partial charge in [-0.3, -0.25) is 0 Å². The number of benzene rings is 1. The average molecular weight is 176 g/mol. The van der Waals surface area contributed by atoms with Gasteiger partial charge in [0.1, 0.15) is 5.94 Å². The quantitative estimate of drug-likeness (QED) is 0.706. The summed E-state index contributed by atoms with van der Waals surface area (Å²) in [5.41, 5.74) is 0.854. The molecule has 0 aliphatic rings. The van der Waals surface area contributed by atoms with Gasteiger partial charge in [0, 0.05) is 12.5 Å². The van der Waals surface area contributed by atoms with Crippen molar-refractivity contribution in [1.82, 2.24) is 0 Å². The van der Waals surface area contributed by atoms with Crippen LogP contribution in [-0.2, 0) is 11.2 Å². The Labute approximate surface area is 75.3 Å². The number of aromatic carboxylic acids is 1. The summed E-state index contributed by atoms with van der Waals surface area (Å²) >= 11 is 0. The molecule has 0 saturated carbocycles. The number of allylic oxidation sites excluding steroid dienone is 1. The molecule has 1 rings (SSSR count). The lowest BCUT2D eigenvalue weighted by Gasteiger charge is -2.00. The van der Waals surface area contributed by atoms with Gasteiger partial charge < -0.3 is 5.11 Å². The summed E-state index contributed by atoms with van der Waals surface area (Å²) in [4.78, 5) is 20.6. The number of hydrogen-bond donors (Lipinski definition) is 1. The Morgan fingerprint density at radius 1 is 1.46 bits per heavy atom. The molecule has 0 atom stereocenters. The molecule has 0 radical (unpaired) electrons. The standard InChI is InChI=1S/C10H8O3/c11-7-3-5-8-4-1-2-6-9(8)10(12)13/h1-4,6H,5H2,(H,12,13). The fourth-order valence-corrected chi connectivity index (χ4v) is 1.06. The Morgan fingerprint density at radius 3 is 2.77 bits per heavy atom. The third kappa shape index (κ3) is 2.29. The topological polar surface area (TPSA) is 54.4 Å². The summed E-state index contributed by atoms with van der Waals surface area (Å²) in [6.45, 7) is 0. The highest BCUT2D eigenvalue weighted by molar-refractivity contribution is 5.89. The van der Waals surface area contributed by atoms with E-state index in [0.717, 1.165) is 0 Å². The third-order valence-corrected chi connectivity index (χ3v) is 1.65. The van der Waals surface area contributed by atoms with E-state index in [-0.39, 0.29) is 5.56 Å². The first kappa shape index (κ1) is 9.23. The van der Waals surface area contributed by atoms with E-state index in [9.17, 15) is 9.59 Å². The van der Waals surface area contributed by atoms with E-state index in [1.165, 1.54) is 12.1 Å². The zero-order valence-electron chi connectivity index (χ0n) is 6.86. The zero-order chi connectivity index (χ0) is 9.68. The molecule has 1 aromatic carbocycles. The SMILES string of the molecule is O=C=CCc1ccccc1C(=O)O. The van der Waals surface area contributed by atoms with Crippen molar-refractivity contribution in [1.29, 1.82) is 0 Å². The van der Waals surface area contributed by atoms with E-state index in [1.807, 2.05) is 0 Å². The molecule has 0 fully saturated rings. The molecule has 1 aromatic rings. The van der Waals surface area contributed by atoms with E-state index in [2.05, 4.69) is 0 Å². The molecule has 0 unspecified atom stereocenters. The second kappa shape index (κ2) is 4.24. The monoisotopic (exact) mass is 176 g/mol. The van der Waals surface area contributed by atoms with E-state index in [1.54, 1.807) is 24.1 Å². The van der Waals surface area contributed by atoms with Gasteiger partial charge in [0.2, 0.25) is 0 Å². The predicted octanol–water partition coefficient (Wildman–Crippen LogP) is 1.32. The van der Waals surface area contributed by atoms with Gasteiger partial charge >= 0.3 is 5.97 Å². The maximum absolute atomic E-state index is 10.7. The van der Waals surface area contributed by atoms with E-state index in [4.69, 9.17) is 5.11 Å². The zero-order valence-corrected chi connectivity index (χ0v) is 6.86. The van der Waals surface area contributed by atoms with Crippen LogP contribution >= 0.6 is 0 Å². The first-order valence-corrected chi connectivity index (χ1v) is 3.76. The molecule has 3 nitrogen and oxygen atoms in total. The molecule has 13 heavy (non-hydrogen) atoms. The molecule has 66 valence electrons. The van der Waals surface area contributed by atoms with Crippen molar-refractivity contribution in [2.45, 2.75) is 6.42 Å². The Morgan fingerprint density at radius 2 is 2.15 bits per heavy atom. The van der Waals surface area contributed by atoms with Crippen molar-refractivity contribution >= 4 is 11.9 Å². The fourth-order valence-electron chi connectivity index (χ4n) is 1.06. The van der Waals surface area contributed by atoms with Gasteiger partial charge in [-0.25, -0.2) is 9.59 Å². The molecule has 0 heterocycles. The van der Waals surface area contributed by atoms with Gasteiger partial charge in [-0.05, 0) is 11.6 Å². The third-order valence-electron chi connectivity index (χ3n) is 1.65. The fraction of sp³-hybridized carbons (Fsp3) is 0.100. The molecule has 0 amide bonds. The molecule has 0 bridgehead atoms. The summed E-state index contributed by atoms with van der Waals surface area (Å²) < 4.78 is 0. The van der Waals surface area contributed by atoms with Crippen LogP contribution in [0.3, 0.4) is 0 Å². The summed E-state index contributed by atoms with van der Waals surface area (Å²) in [6.07, 6.45) is 1.58. The van der Waals surface area contributed by atoms with Gasteiger partial charge in [-0.15, -0.1) is 0 Å². The second-order valence-electron chi connectivity index (χ2n) is 2.49. The molecule has 0 aliphatic heterocycles. The second-order valence-corrected chi connectivity index (χ2v) is 2.49. The van der Waals surface area contributed by atoms with Crippen LogP contribution in [0.25, 0.3) is 0 Å². The summed E-state index contributed by atoms with van der Waals surface area (Å²) in [5.74, 6) is 0.637. The average Bonchev–Trinajstić information content (AvgIpc) is 2.15. The predicted molar refractivity (Wildman–Crippen MR) is 47.4 cm³/mol. The van der Waals surface area contributed by atoms with E-state index < -0.39 is 5.97 Å². The van der Waals surface area contributed by atoms with Crippen molar-refractivity contribution in [3.63, 3.8) is 0 Å². The number of hydrogen-bond acceptors (Lipinski definition) is 2. The van der Waals surface area contributed by atoms with Crippen LogP contribution in [0.1, 0.15) is 15.9 Å². The van der Waals surface area contributed by atoms with E-state index in [0.29, 0.717) is 12.0 Å². The highest BCUT2D eigenvalue weighted by atomic mass is 16.4. The minimum Gasteiger partial charge on any atom is -0.478 e. The first-order valence-electron chi connectivity index (χ1n) is 3.76. The van der Waals surface area contributed by atoms with Gasteiger partial charge in [0.25, 0.3) is 0 Å². The van der Waals surface area contributed by atoms with Crippen LogP contribution in [0.5, 0.6) is 0 Å². The lowest BCUT2D eigenvalue weighted by molar-refractivity contribution is 0.0696. The maximum atomic E-state index is 10.7. The summed E-state index contributed by atoms with van der Waals surface area (Å²) in [6, 6.07) is 6.57. The van der Waals surface area contributed by atoms with Crippen molar-refractivity contribution in [2.75, 3.05) is 0 Å². The molecule has 0 saturated heterocycles. The number of rotatable bonds is 3. The number of carbonyl (C=O) groups excluding carboxylic acids is 1. The first-order chi connectivity index (χ1) is 6.25. The van der Waals surface area contributed by atoms with Crippen molar-refractivity contribution in [2.24, 2.45) is 0 Å². The van der Waals surface area contributed by atoms with Gasteiger partial charge in [-0.1, -0.05) is 18.2 Å². The molecular weight excluding hydrogens is 168 g/mol. The highest BCUT2D eigenvalue weighted by Gasteiger charge is 2.06. The van der Waals surface area contributed by atoms with Gasteiger partial charge in [-0.2, -0.15) is 0 Å². The lowest BCUT2D eigenvalue weighted by Crippen LogP contribution is -2.01. The van der Waals surface area contributed by atoms with Crippen LogP contribution in [0.15, 0.2) is 30.3 Å². The Hall–Kier alpha value is -1.86. The van der Waals surface area contributed by atoms with Crippen LogP contribution in [-0.4, -0.2) is 17.0 Å². The van der Waals surface area contributed by atoms with Crippen LogP contribution < -0.4 is 0 Å². The maximum Gasteiger partial charge on any atom is 0.335 e. The van der Waals surface area contributed by atoms with Gasteiger partial charge in [0.15, 0.2) is 0 Å². The highest BCUT2D eigenvalue weighted by Crippen LogP contribution is 2.09. The van der Waals surface area contributed by atoms with Crippen LogP contribution in [0.2, 0.25) is 0 Å². The van der Waals surface area contributed by atoms with Crippen molar-refractivity contribution in [3.05, 3.63) is 41.5 Å². The molecule has 0 aromatic heterocycles. The number of carboxylic acids is 1. The molecule has 1 N–H and O–H groups in total. The minimum absolute atomic E-state index is 0.231. The van der Waals surface area contributed by atoms with Gasteiger partial charge in [0.05, 0.1) is 5.56 Å². The van der Waals surface area contributed by atoms with Crippen LogP contribution in [0, 0.1) is 0 Å². The van der Waals surface area contributed by atoms with Crippen molar-refractivity contribution < 1.29 is 14.7 Å². The Balaban J connectivity index is 3.04. The van der Waals surface area contributed by atoms with Crippen LogP contribution in [0.4, 0.5) is 0 Å². The molecule has 0 spiro atoms. The molecular formula is C10H8O3. The number of carbonyl (C=O) groups is 1. The normalized spacial score (nSPS) is 8.92.